The zero-order chi connectivity index (χ0) is 13.5. The first-order valence-electron chi connectivity index (χ1n) is 6.22. The summed E-state index contributed by atoms with van der Waals surface area (Å²) in [4.78, 5) is 10.6. The molecule has 0 unspecified atom stereocenters. The Balaban J connectivity index is 0.000000771. The molecule has 2 heterocycles. The van der Waals surface area contributed by atoms with Gasteiger partial charge in [0.05, 0.1) is 12.1 Å². The van der Waals surface area contributed by atoms with E-state index in [1.54, 1.807) is 12.4 Å². The summed E-state index contributed by atoms with van der Waals surface area (Å²) >= 11 is 0. The normalized spacial score (nSPS) is 16.0. The second kappa shape index (κ2) is 6.79. The minimum absolute atomic E-state index is 0.656. The van der Waals surface area contributed by atoms with E-state index in [1.807, 2.05) is 38.8 Å². The van der Waals surface area contributed by atoms with E-state index in [1.165, 1.54) is 0 Å². The number of aryl methyl sites for hydroxylation is 1. The first-order valence-corrected chi connectivity index (χ1v) is 6.22. The summed E-state index contributed by atoms with van der Waals surface area (Å²) in [5.41, 5.74) is 1.87. The van der Waals surface area contributed by atoms with Crippen LogP contribution in [0.1, 0.15) is 25.1 Å². The van der Waals surface area contributed by atoms with Crippen LogP contribution in [0.5, 0.6) is 5.75 Å². The maximum atomic E-state index is 5.68. The van der Waals surface area contributed by atoms with Crippen LogP contribution in [-0.4, -0.2) is 35.9 Å². The molecule has 0 bridgehead atoms. The molecule has 4 nitrogen and oxygen atoms in total. The molecule has 0 aliphatic carbocycles. The largest absolute Gasteiger partial charge is 0.491 e. The molecule has 4 heteroatoms. The maximum absolute atomic E-state index is 5.68. The van der Waals surface area contributed by atoms with Crippen molar-refractivity contribution < 1.29 is 4.74 Å². The lowest BCUT2D eigenvalue weighted by molar-refractivity contribution is 0.294. The summed E-state index contributed by atoms with van der Waals surface area (Å²) in [6.45, 7) is 11.0. The van der Waals surface area contributed by atoms with Gasteiger partial charge in [0.1, 0.15) is 18.2 Å². The highest BCUT2D eigenvalue weighted by Gasteiger charge is 2.19. The van der Waals surface area contributed by atoms with Gasteiger partial charge in [0.25, 0.3) is 0 Å². The number of aliphatic imine (C=N–C) groups is 1. The number of hydrogen-bond donors (Lipinski definition) is 0. The summed E-state index contributed by atoms with van der Waals surface area (Å²) in [5.74, 6) is 1.70. The van der Waals surface area contributed by atoms with Gasteiger partial charge >= 0.3 is 0 Å². The number of nitrogens with zero attached hydrogens (tertiary/aromatic N) is 3. The number of fused-ring (bicyclic) bond motifs is 1. The Morgan fingerprint density at radius 2 is 2.22 bits per heavy atom. The number of rotatable bonds is 1. The highest BCUT2D eigenvalue weighted by Crippen LogP contribution is 2.23. The summed E-state index contributed by atoms with van der Waals surface area (Å²) in [6, 6.07) is 1.94. The van der Waals surface area contributed by atoms with E-state index in [0.717, 1.165) is 29.4 Å². The minimum atomic E-state index is 0.656. The van der Waals surface area contributed by atoms with Crippen LogP contribution in [0.2, 0.25) is 0 Å². The Morgan fingerprint density at radius 1 is 1.50 bits per heavy atom. The lowest BCUT2D eigenvalue weighted by Crippen LogP contribution is -2.28. The van der Waals surface area contributed by atoms with Gasteiger partial charge in [0.15, 0.2) is 0 Å². The average Bonchev–Trinajstić information content (AvgIpc) is 2.52. The SMILES string of the molecule is C=CN=C1c2cnc(C)cc2OCCN1C.CC. The van der Waals surface area contributed by atoms with Crippen molar-refractivity contribution in [1.29, 1.82) is 0 Å². The molecule has 18 heavy (non-hydrogen) atoms. The third kappa shape index (κ3) is 3.09. The first kappa shape index (κ1) is 14.2. The number of aromatic nitrogens is 1. The molecule has 0 saturated carbocycles. The van der Waals surface area contributed by atoms with E-state index in [2.05, 4.69) is 16.6 Å². The molecular formula is C14H21N3O. The van der Waals surface area contributed by atoms with E-state index in [0.29, 0.717) is 6.61 Å². The molecule has 0 aromatic carbocycles. The van der Waals surface area contributed by atoms with Crippen LogP contribution in [0.15, 0.2) is 30.0 Å². The van der Waals surface area contributed by atoms with Gasteiger partial charge in [-0.2, -0.15) is 0 Å². The molecule has 0 saturated heterocycles. The number of hydrogen-bond acceptors (Lipinski definition) is 3. The smallest absolute Gasteiger partial charge is 0.140 e. The van der Waals surface area contributed by atoms with Crippen LogP contribution in [0.3, 0.4) is 0 Å². The maximum Gasteiger partial charge on any atom is 0.140 e. The minimum Gasteiger partial charge on any atom is -0.491 e. The number of ether oxygens (including phenoxy) is 1. The number of likely N-dealkylation sites (N-methyl/N-ethyl adjacent to an activating group) is 1. The second-order valence-electron chi connectivity index (χ2n) is 3.73. The monoisotopic (exact) mass is 247 g/mol. The third-order valence-corrected chi connectivity index (χ3v) is 2.50. The Labute approximate surface area is 109 Å². The van der Waals surface area contributed by atoms with Crippen LogP contribution >= 0.6 is 0 Å². The van der Waals surface area contributed by atoms with Gasteiger partial charge in [-0.15, -0.1) is 0 Å². The van der Waals surface area contributed by atoms with Gasteiger partial charge in [-0.25, -0.2) is 4.99 Å². The molecule has 1 aromatic rings. The Bertz CT molecular complexity index is 441. The molecule has 98 valence electrons. The molecule has 1 aliphatic rings. The second-order valence-corrected chi connectivity index (χ2v) is 3.73. The Kier molecular flexibility index (Phi) is 5.36. The first-order chi connectivity index (χ1) is 8.72. The summed E-state index contributed by atoms with van der Waals surface area (Å²) in [5, 5.41) is 0. The predicted molar refractivity (Wildman–Crippen MR) is 75.2 cm³/mol. The van der Waals surface area contributed by atoms with Gasteiger partial charge in [-0.1, -0.05) is 20.4 Å². The van der Waals surface area contributed by atoms with Gasteiger partial charge in [-0.05, 0) is 6.92 Å². The van der Waals surface area contributed by atoms with E-state index in [4.69, 9.17) is 4.74 Å². The van der Waals surface area contributed by atoms with Gasteiger partial charge in [-0.3, -0.25) is 4.98 Å². The highest BCUT2D eigenvalue weighted by atomic mass is 16.5. The van der Waals surface area contributed by atoms with Crippen LogP contribution in [0.4, 0.5) is 0 Å². The standard InChI is InChI=1S/C12H15N3O.C2H6/c1-4-13-12-10-8-14-9(2)7-11(10)16-6-5-15(12)3;1-2/h4,7-8H,1,5-6H2,2-3H3;1-2H3. The third-order valence-electron chi connectivity index (χ3n) is 2.50. The zero-order valence-corrected chi connectivity index (χ0v) is 11.6. The number of pyridine rings is 1. The van der Waals surface area contributed by atoms with Crippen molar-refractivity contribution in [3.8, 4) is 5.75 Å². The fourth-order valence-electron chi connectivity index (χ4n) is 1.68. The fourth-order valence-corrected chi connectivity index (χ4v) is 1.68. The van der Waals surface area contributed by atoms with Crippen LogP contribution in [0, 0.1) is 6.92 Å². The summed E-state index contributed by atoms with van der Waals surface area (Å²) < 4.78 is 5.68. The van der Waals surface area contributed by atoms with Crippen molar-refractivity contribution in [3.05, 3.63) is 36.3 Å². The van der Waals surface area contributed by atoms with Crippen molar-refractivity contribution in [2.24, 2.45) is 4.99 Å². The van der Waals surface area contributed by atoms with E-state index in [9.17, 15) is 0 Å². The molecule has 0 atom stereocenters. The lowest BCUT2D eigenvalue weighted by Gasteiger charge is -2.16. The van der Waals surface area contributed by atoms with E-state index < -0.39 is 0 Å². The molecule has 0 amide bonds. The molecule has 0 radical (unpaired) electrons. The zero-order valence-electron chi connectivity index (χ0n) is 11.6. The molecule has 2 rings (SSSR count). The topological polar surface area (TPSA) is 37.7 Å². The summed E-state index contributed by atoms with van der Waals surface area (Å²) in [6.07, 6.45) is 3.34. The molecule has 1 aliphatic heterocycles. The molecular weight excluding hydrogens is 226 g/mol. The molecule has 0 spiro atoms. The lowest BCUT2D eigenvalue weighted by atomic mass is 10.2. The van der Waals surface area contributed by atoms with E-state index >= 15 is 0 Å². The molecule has 0 N–H and O–H groups in total. The van der Waals surface area contributed by atoms with Crippen molar-refractivity contribution in [3.63, 3.8) is 0 Å². The fraction of sp³-hybridized carbons (Fsp3) is 0.429. The predicted octanol–water partition coefficient (Wildman–Crippen LogP) is 2.63. The van der Waals surface area contributed by atoms with Crippen molar-refractivity contribution in [2.45, 2.75) is 20.8 Å². The molecule has 0 fully saturated rings. The highest BCUT2D eigenvalue weighted by molar-refractivity contribution is 6.01. The average molecular weight is 247 g/mol. The molecule has 1 aromatic heterocycles. The Hall–Kier alpha value is -1.84. The van der Waals surface area contributed by atoms with Crippen molar-refractivity contribution >= 4 is 5.84 Å². The van der Waals surface area contributed by atoms with Crippen LogP contribution in [0.25, 0.3) is 0 Å². The van der Waals surface area contributed by atoms with E-state index in [-0.39, 0.29) is 0 Å². The summed E-state index contributed by atoms with van der Waals surface area (Å²) in [7, 11) is 1.99. The van der Waals surface area contributed by atoms with Crippen molar-refractivity contribution in [2.75, 3.05) is 20.2 Å². The van der Waals surface area contributed by atoms with Crippen LogP contribution in [-0.2, 0) is 0 Å². The van der Waals surface area contributed by atoms with Gasteiger partial charge < -0.3 is 9.64 Å². The number of amidine groups is 1. The Morgan fingerprint density at radius 3 is 2.89 bits per heavy atom. The van der Waals surface area contributed by atoms with Gasteiger partial charge in [0.2, 0.25) is 0 Å². The van der Waals surface area contributed by atoms with Crippen molar-refractivity contribution in [1.82, 2.24) is 9.88 Å². The van der Waals surface area contributed by atoms with Crippen LogP contribution < -0.4 is 4.74 Å². The quantitative estimate of drug-likeness (QED) is 0.765. The van der Waals surface area contributed by atoms with Gasteiger partial charge in [0, 0.05) is 31.2 Å².